The first-order chi connectivity index (χ1) is 7.11. The predicted molar refractivity (Wildman–Crippen MR) is 48.3 cm³/mol. The highest BCUT2D eigenvalue weighted by atomic mass is 19.2. The molecule has 0 aromatic heterocycles. The lowest BCUT2D eigenvalue weighted by Gasteiger charge is -2.05. The number of rotatable bonds is 5. The normalized spacial score (nSPS) is 10.3. The highest BCUT2D eigenvalue weighted by Crippen LogP contribution is 2.10. The molecule has 0 fully saturated rings. The molecule has 0 aliphatic carbocycles. The molecule has 1 aromatic rings. The molecule has 0 saturated carbocycles. The van der Waals surface area contributed by atoms with Crippen LogP contribution in [0.5, 0.6) is 0 Å². The van der Waals surface area contributed by atoms with Crippen LogP contribution in [0.25, 0.3) is 0 Å². The molecule has 0 aliphatic heterocycles. The third-order valence-corrected chi connectivity index (χ3v) is 1.61. The van der Waals surface area contributed by atoms with Crippen molar-refractivity contribution < 1.29 is 18.4 Å². The van der Waals surface area contributed by atoms with Gasteiger partial charge in [0.1, 0.15) is 6.61 Å². The van der Waals surface area contributed by atoms with Crippen LogP contribution in [0.4, 0.5) is 8.78 Å². The zero-order chi connectivity index (χ0) is 11.3. The number of primary amides is 1. The summed E-state index contributed by atoms with van der Waals surface area (Å²) in [5.41, 5.74) is 7.19. The summed E-state index contributed by atoms with van der Waals surface area (Å²) in [7, 11) is 0. The zero-order valence-corrected chi connectivity index (χ0v) is 7.80. The standard InChI is InChI=1S/C9H10F2N2O2/c10-7-3-1-2-6(9(7)11)4-13-15-5-8(12)14/h1-3,13H,4-5H2,(H2,12,14). The Morgan fingerprint density at radius 3 is 2.87 bits per heavy atom. The van der Waals surface area contributed by atoms with E-state index in [0.29, 0.717) is 0 Å². The lowest BCUT2D eigenvalue weighted by molar-refractivity contribution is -0.125. The van der Waals surface area contributed by atoms with E-state index in [4.69, 9.17) is 5.73 Å². The van der Waals surface area contributed by atoms with E-state index in [-0.39, 0.29) is 18.7 Å². The van der Waals surface area contributed by atoms with Gasteiger partial charge in [-0.25, -0.2) is 8.78 Å². The Hall–Kier alpha value is -1.53. The summed E-state index contributed by atoms with van der Waals surface area (Å²) in [6, 6.07) is 3.80. The van der Waals surface area contributed by atoms with Crippen molar-refractivity contribution in [3.8, 4) is 0 Å². The number of halogens is 2. The fraction of sp³-hybridized carbons (Fsp3) is 0.222. The summed E-state index contributed by atoms with van der Waals surface area (Å²) >= 11 is 0. The van der Waals surface area contributed by atoms with E-state index < -0.39 is 17.5 Å². The molecule has 0 unspecified atom stereocenters. The quantitative estimate of drug-likeness (QED) is 0.555. The van der Waals surface area contributed by atoms with Gasteiger partial charge in [-0.1, -0.05) is 12.1 Å². The Kier molecular flexibility index (Phi) is 4.14. The molecule has 6 heteroatoms. The largest absolute Gasteiger partial charge is 0.368 e. The van der Waals surface area contributed by atoms with Crippen molar-refractivity contribution in [2.24, 2.45) is 5.73 Å². The van der Waals surface area contributed by atoms with Gasteiger partial charge in [-0.3, -0.25) is 9.63 Å². The number of benzene rings is 1. The monoisotopic (exact) mass is 216 g/mol. The first-order valence-electron chi connectivity index (χ1n) is 4.17. The lowest BCUT2D eigenvalue weighted by Crippen LogP contribution is -2.24. The molecule has 1 aromatic carbocycles. The van der Waals surface area contributed by atoms with Crippen molar-refractivity contribution in [1.82, 2.24) is 5.48 Å². The smallest absolute Gasteiger partial charge is 0.245 e. The second-order valence-corrected chi connectivity index (χ2v) is 2.79. The molecule has 0 radical (unpaired) electrons. The van der Waals surface area contributed by atoms with Crippen molar-refractivity contribution in [1.29, 1.82) is 0 Å². The third kappa shape index (κ3) is 3.61. The maximum absolute atomic E-state index is 13.0. The van der Waals surface area contributed by atoms with Crippen LogP contribution in [0.2, 0.25) is 0 Å². The van der Waals surface area contributed by atoms with Gasteiger partial charge in [0.2, 0.25) is 5.91 Å². The fourth-order valence-corrected chi connectivity index (χ4v) is 0.936. The van der Waals surface area contributed by atoms with Crippen LogP contribution in [0, 0.1) is 11.6 Å². The van der Waals surface area contributed by atoms with Crippen LogP contribution in [-0.2, 0) is 16.2 Å². The zero-order valence-electron chi connectivity index (χ0n) is 7.80. The van der Waals surface area contributed by atoms with Crippen molar-refractivity contribution in [2.45, 2.75) is 6.54 Å². The molecule has 0 heterocycles. The summed E-state index contributed by atoms with van der Waals surface area (Å²) in [5, 5.41) is 0. The Morgan fingerprint density at radius 2 is 2.20 bits per heavy atom. The van der Waals surface area contributed by atoms with Crippen LogP contribution in [0.15, 0.2) is 18.2 Å². The van der Waals surface area contributed by atoms with E-state index in [9.17, 15) is 13.6 Å². The van der Waals surface area contributed by atoms with Gasteiger partial charge in [0, 0.05) is 12.1 Å². The molecule has 0 bridgehead atoms. The molecule has 1 rings (SSSR count). The predicted octanol–water partition coefficient (Wildman–Crippen LogP) is 0.471. The van der Waals surface area contributed by atoms with Crippen LogP contribution in [0.3, 0.4) is 0 Å². The Labute approximate surface area is 85.0 Å². The molecule has 0 atom stereocenters. The van der Waals surface area contributed by atoms with Crippen molar-refractivity contribution in [2.75, 3.05) is 6.61 Å². The van der Waals surface area contributed by atoms with E-state index in [1.165, 1.54) is 12.1 Å². The molecule has 3 N–H and O–H groups in total. The van der Waals surface area contributed by atoms with Gasteiger partial charge in [-0.2, -0.15) is 5.48 Å². The maximum Gasteiger partial charge on any atom is 0.245 e. The summed E-state index contributed by atoms with van der Waals surface area (Å²) in [6.45, 7) is -0.367. The van der Waals surface area contributed by atoms with Gasteiger partial charge in [-0.15, -0.1) is 0 Å². The van der Waals surface area contributed by atoms with Gasteiger partial charge >= 0.3 is 0 Å². The van der Waals surface area contributed by atoms with Gasteiger partial charge in [0.15, 0.2) is 11.6 Å². The molecule has 15 heavy (non-hydrogen) atoms. The molecule has 0 aliphatic rings. The molecular weight excluding hydrogens is 206 g/mol. The van der Waals surface area contributed by atoms with Crippen LogP contribution in [0.1, 0.15) is 5.56 Å². The van der Waals surface area contributed by atoms with Crippen molar-refractivity contribution in [3.05, 3.63) is 35.4 Å². The van der Waals surface area contributed by atoms with E-state index in [2.05, 4.69) is 10.3 Å². The second kappa shape index (κ2) is 5.38. The van der Waals surface area contributed by atoms with E-state index >= 15 is 0 Å². The van der Waals surface area contributed by atoms with E-state index in [1.54, 1.807) is 0 Å². The molecule has 1 amide bonds. The highest BCUT2D eigenvalue weighted by molar-refractivity contribution is 5.74. The summed E-state index contributed by atoms with van der Waals surface area (Å²) in [4.78, 5) is 14.8. The SMILES string of the molecule is NC(=O)CONCc1cccc(F)c1F. The topological polar surface area (TPSA) is 64.4 Å². The average molecular weight is 216 g/mol. The summed E-state index contributed by atoms with van der Waals surface area (Å²) in [5.74, 6) is -2.51. The van der Waals surface area contributed by atoms with Gasteiger partial charge in [0.25, 0.3) is 0 Å². The third-order valence-electron chi connectivity index (χ3n) is 1.61. The molecule has 0 spiro atoms. The van der Waals surface area contributed by atoms with Crippen LogP contribution >= 0.6 is 0 Å². The first kappa shape index (κ1) is 11.5. The van der Waals surface area contributed by atoms with E-state index in [1.807, 2.05) is 0 Å². The van der Waals surface area contributed by atoms with Gasteiger partial charge < -0.3 is 5.73 Å². The number of hydroxylamine groups is 1. The lowest BCUT2D eigenvalue weighted by atomic mass is 10.2. The number of nitrogens with one attached hydrogen (secondary N) is 1. The number of hydrogen-bond acceptors (Lipinski definition) is 3. The number of amides is 1. The number of hydrogen-bond donors (Lipinski definition) is 2. The molecule has 0 saturated heterocycles. The minimum absolute atomic E-state index is 0.0448. The molecular formula is C9H10F2N2O2. The minimum Gasteiger partial charge on any atom is -0.368 e. The summed E-state index contributed by atoms with van der Waals surface area (Å²) in [6.07, 6.45) is 0. The number of carbonyl (C=O) groups is 1. The average Bonchev–Trinajstić information content (AvgIpc) is 2.18. The minimum atomic E-state index is -0.937. The molecule has 82 valence electrons. The highest BCUT2D eigenvalue weighted by Gasteiger charge is 2.06. The number of carbonyl (C=O) groups excluding carboxylic acids is 1. The van der Waals surface area contributed by atoms with Gasteiger partial charge in [0.05, 0.1) is 0 Å². The first-order valence-corrected chi connectivity index (χ1v) is 4.17. The Morgan fingerprint density at radius 1 is 1.47 bits per heavy atom. The van der Waals surface area contributed by atoms with Crippen molar-refractivity contribution in [3.63, 3.8) is 0 Å². The van der Waals surface area contributed by atoms with Crippen molar-refractivity contribution >= 4 is 5.91 Å². The second-order valence-electron chi connectivity index (χ2n) is 2.79. The molecule has 4 nitrogen and oxygen atoms in total. The van der Waals surface area contributed by atoms with Gasteiger partial charge in [-0.05, 0) is 6.07 Å². The van der Waals surface area contributed by atoms with E-state index in [0.717, 1.165) is 6.07 Å². The Balaban J connectivity index is 2.44. The Bertz CT molecular complexity index is 358. The summed E-state index contributed by atoms with van der Waals surface area (Å²) < 4.78 is 25.7. The van der Waals surface area contributed by atoms with Crippen LogP contribution < -0.4 is 11.2 Å². The van der Waals surface area contributed by atoms with Crippen LogP contribution in [-0.4, -0.2) is 12.5 Å². The fourth-order valence-electron chi connectivity index (χ4n) is 0.936. The number of nitrogens with two attached hydrogens (primary N) is 1. The maximum atomic E-state index is 13.0.